The highest BCUT2D eigenvalue weighted by Gasteiger charge is 2.51. The predicted molar refractivity (Wildman–Crippen MR) is 256 cm³/mol. The molecule has 2 aromatic carbocycles. The molecule has 0 unspecified atom stereocenters. The molecule has 0 radical (unpaired) electrons. The van der Waals surface area contributed by atoms with Gasteiger partial charge in [0.1, 0.15) is 40.5 Å². The van der Waals surface area contributed by atoms with Crippen LogP contribution < -0.4 is 20.8 Å². The van der Waals surface area contributed by atoms with Gasteiger partial charge in [0.2, 0.25) is 0 Å². The quantitative estimate of drug-likeness (QED) is 0.148. The Morgan fingerprint density at radius 3 is 2.36 bits per heavy atom. The number of methoxy groups -OCH3 is 1. The van der Waals surface area contributed by atoms with E-state index in [1.807, 2.05) is 6.92 Å². The van der Waals surface area contributed by atoms with Crippen molar-refractivity contribution in [3.63, 3.8) is 0 Å². The number of rotatable bonds is 8. The molecule has 1 saturated heterocycles. The first-order valence-corrected chi connectivity index (χ1v) is 24.1. The van der Waals surface area contributed by atoms with E-state index in [-0.39, 0.29) is 56.2 Å². The highest BCUT2D eigenvalue weighted by Crippen LogP contribution is 2.51. The van der Waals surface area contributed by atoms with Crippen LogP contribution in [0.5, 0.6) is 17.2 Å². The van der Waals surface area contributed by atoms with Gasteiger partial charge in [0.25, 0.3) is 11.7 Å². The SMILES string of the molecule is CCCc1cn(CC(=O)O[C@H]2[C@H](C)[C@H](O)[C@H](C)[C@@H](O)[C@@H](C)/C=C/C=C(/C)C(=O)N=c3c(O)c4c(O)c(C)c5c(c4c4c3=NC3(CCN(CC(C)C)CC3)N4)C(=O)[C@@](C)(O/C=C/[C@H](OC)[C@H]2C)O5)nn1. The normalized spacial score (nSPS) is 30.3. The number of aliphatic hydroxyl groups excluding tert-OH is 2. The van der Waals surface area contributed by atoms with E-state index in [1.165, 1.54) is 31.1 Å². The molecule has 6 heterocycles. The number of aryl methyl sites for hydroxylation is 1. The van der Waals surface area contributed by atoms with Crippen LogP contribution in [0.2, 0.25) is 0 Å². The summed E-state index contributed by atoms with van der Waals surface area (Å²) in [6.45, 7) is 20.0. The molecule has 3 aromatic rings. The van der Waals surface area contributed by atoms with Gasteiger partial charge in [0.05, 0.1) is 46.9 Å². The Balaban J connectivity index is 1.34. The Labute approximate surface area is 402 Å². The summed E-state index contributed by atoms with van der Waals surface area (Å²) in [4.78, 5) is 54.5. The number of ketones is 1. The highest BCUT2D eigenvalue weighted by atomic mass is 16.7. The number of carbonyl (C=O) groups is 3. The number of aromatic nitrogens is 3. The Morgan fingerprint density at radius 2 is 1.70 bits per heavy atom. The number of fused-ring (bicyclic) bond motifs is 13. The van der Waals surface area contributed by atoms with Gasteiger partial charge in [-0.1, -0.05) is 78.3 Å². The molecule has 69 heavy (non-hydrogen) atoms. The second-order valence-corrected chi connectivity index (χ2v) is 20.0. The number of carbonyl (C=O) groups excluding carboxylic acids is 3. The number of phenolic OH excluding ortho intramolecular Hbond substituents is 2. The molecule has 1 spiro atoms. The molecule has 8 rings (SSSR count). The van der Waals surface area contributed by atoms with E-state index in [4.69, 9.17) is 23.9 Å². The molecule has 5 bridgehead atoms. The molecule has 9 atom stereocenters. The van der Waals surface area contributed by atoms with Gasteiger partial charge in [-0.05, 0) is 32.3 Å². The number of anilines is 1. The topological polar surface area (TPSA) is 240 Å². The van der Waals surface area contributed by atoms with Gasteiger partial charge in [-0.2, -0.15) is 0 Å². The number of benzene rings is 2. The van der Waals surface area contributed by atoms with Crippen LogP contribution in [0.3, 0.4) is 0 Å². The number of piperidine rings is 1. The minimum Gasteiger partial charge on any atom is -0.507 e. The van der Waals surface area contributed by atoms with Gasteiger partial charge in [0, 0.05) is 92.9 Å². The standard InChI is InChI=1S/C51H69N7O11/c1-12-14-33-24-58(56-55-33)25-35(59)68-46-29(6)34(66-11)17-22-67-50(10)48(64)38-36-37(44(62)32(9)47(38)69-50)45(63)41(40-39(36)53-51(54-40)18-20-57(21-19-51)23-26(2)3)52-49(65)28(5)16-13-15-27(4)42(60)30(7)43(61)31(46)8/h13,15-17,22,24,26-27,29-31,34,42-43,46,53,60-63H,12,14,18-21,23,25H2,1-11H3/b15-13+,22-17+,28-16-,52-41?/t27-,29+,30+,31+,34-,42-,43+,46+,50-/m0/s1. The Morgan fingerprint density at radius 1 is 0.986 bits per heavy atom. The van der Waals surface area contributed by atoms with Crippen LogP contribution in [0.4, 0.5) is 5.69 Å². The van der Waals surface area contributed by atoms with Crippen LogP contribution in [0.15, 0.2) is 52.3 Å². The summed E-state index contributed by atoms with van der Waals surface area (Å²) < 4.78 is 26.0. The van der Waals surface area contributed by atoms with Crippen LogP contribution in [-0.4, -0.2) is 121 Å². The molecule has 0 saturated carbocycles. The summed E-state index contributed by atoms with van der Waals surface area (Å²) in [5.41, 5.74) is 0.560. The molecule has 1 fully saturated rings. The number of nitrogens with one attached hydrogen (secondary N) is 1. The van der Waals surface area contributed by atoms with Crippen LogP contribution in [0, 0.1) is 36.5 Å². The smallest absolute Gasteiger partial charge is 0.328 e. The number of aliphatic hydroxyl groups is 2. The molecule has 5 aliphatic rings. The summed E-state index contributed by atoms with van der Waals surface area (Å²) in [6, 6.07) is 0. The van der Waals surface area contributed by atoms with Gasteiger partial charge in [-0.25, -0.2) is 9.67 Å². The minimum absolute atomic E-state index is 0.0411. The average Bonchev–Trinajstić information content (AvgIpc) is 3.99. The largest absolute Gasteiger partial charge is 0.507 e. The number of esters is 1. The average molecular weight is 956 g/mol. The van der Waals surface area contributed by atoms with Crippen molar-refractivity contribution < 1.29 is 53.8 Å². The van der Waals surface area contributed by atoms with Crippen molar-refractivity contribution in [3.05, 3.63) is 69.9 Å². The van der Waals surface area contributed by atoms with Crippen molar-refractivity contribution in [2.75, 3.05) is 32.1 Å². The van der Waals surface area contributed by atoms with E-state index in [1.54, 1.807) is 66.0 Å². The molecular formula is C51H69N7O11. The van der Waals surface area contributed by atoms with Gasteiger partial charge >= 0.3 is 11.8 Å². The van der Waals surface area contributed by atoms with Gasteiger partial charge < -0.3 is 49.6 Å². The van der Waals surface area contributed by atoms with E-state index in [9.17, 15) is 34.8 Å². The number of Topliss-reactive ketones (excluding diaryl/α,β-unsaturated/α-hetero) is 1. The zero-order valence-corrected chi connectivity index (χ0v) is 41.6. The van der Waals surface area contributed by atoms with E-state index in [0.29, 0.717) is 44.0 Å². The summed E-state index contributed by atoms with van der Waals surface area (Å²) >= 11 is 0. The fourth-order valence-electron chi connectivity index (χ4n) is 10.2. The number of hydrogen-bond acceptors (Lipinski definition) is 16. The van der Waals surface area contributed by atoms with Crippen molar-refractivity contribution >= 4 is 34.1 Å². The zero-order chi connectivity index (χ0) is 50.3. The van der Waals surface area contributed by atoms with Crippen molar-refractivity contribution in [2.24, 2.45) is 39.6 Å². The second kappa shape index (κ2) is 20.3. The lowest BCUT2D eigenvalue weighted by Crippen LogP contribution is -2.47. The third-order valence-corrected chi connectivity index (χ3v) is 14.3. The van der Waals surface area contributed by atoms with Crippen molar-refractivity contribution in [1.29, 1.82) is 0 Å². The maximum Gasteiger partial charge on any atom is 0.328 e. The Bertz CT molecular complexity index is 2690. The van der Waals surface area contributed by atoms with Crippen LogP contribution in [-0.2, 0) is 36.8 Å². The number of nitrogens with zero attached hydrogens (tertiary/aromatic N) is 6. The third-order valence-electron chi connectivity index (χ3n) is 14.3. The van der Waals surface area contributed by atoms with Gasteiger partial charge in [0.15, 0.2) is 5.75 Å². The number of aromatic hydroxyl groups is 2. The lowest BCUT2D eigenvalue weighted by atomic mass is 9.78. The number of ether oxygens (including phenoxy) is 4. The molecule has 0 aliphatic carbocycles. The fraction of sp³-hybridized carbons (Fsp3) is 0.588. The monoisotopic (exact) mass is 956 g/mol. The van der Waals surface area contributed by atoms with Crippen molar-refractivity contribution in [2.45, 2.75) is 137 Å². The molecule has 18 nitrogen and oxygen atoms in total. The lowest BCUT2D eigenvalue weighted by molar-refractivity contribution is -0.164. The van der Waals surface area contributed by atoms with Crippen LogP contribution in [0.1, 0.15) is 103 Å². The predicted octanol–water partition coefficient (Wildman–Crippen LogP) is 4.97. The first-order chi connectivity index (χ1) is 32.6. The molecule has 5 aliphatic heterocycles. The summed E-state index contributed by atoms with van der Waals surface area (Å²) in [7, 11) is 1.47. The third kappa shape index (κ3) is 10.0. The summed E-state index contributed by atoms with van der Waals surface area (Å²) in [5, 5.41) is 59.5. The fourth-order valence-corrected chi connectivity index (χ4v) is 10.2. The zero-order valence-electron chi connectivity index (χ0n) is 41.6. The lowest BCUT2D eigenvalue weighted by Gasteiger charge is -2.38. The molecular weight excluding hydrogens is 887 g/mol. The number of phenols is 2. The highest BCUT2D eigenvalue weighted by molar-refractivity contribution is 6.21. The minimum atomic E-state index is -1.99. The number of allylic oxidation sites excluding steroid dienone is 2. The number of amides is 1. The summed E-state index contributed by atoms with van der Waals surface area (Å²) in [5.74, 6) is -7.00. The van der Waals surface area contributed by atoms with E-state index in [0.717, 1.165) is 18.7 Å². The second-order valence-electron chi connectivity index (χ2n) is 20.0. The van der Waals surface area contributed by atoms with E-state index >= 15 is 0 Å². The van der Waals surface area contributed by atoms with Crippen LogP contribution >= 0.6 is 0 Å². The van der Waals surface area contributed by atoms with Crippen molar-refractivity contribution in [1.82, 2.24) is 19.9 Å². The van der Waals surface area contributed by atoms with Crippen molar-refractivity contribution in [3.8, 4) is 17.2 Å². The first kappa shape index (κ1) is 51.2. The van der Waals surface area contributed by atoms with Gasteiger partial charge in [-0.15, -0.1) is 5.10 Å². The maximum absolute atomic E-state index is 14.9. The number of likely N-dealkylation sites (tertiary alicyclic amines) is 1. The van der Waals surface area contributed by atoms with Crippen LogP contribution in [0.25, 0.3) is 10.8 Å². The van der Waals surface area contributed by atoms with Gasteiger partial charge in [-0.3, -0.25) is 19.4 Å². The molecule has 1 aromatic heterocycles. The summed E-state index contributed by atoms with van der Waals surface area (Å²) in [6.07, 6.45) is 7.98. The van der Waals surface area contributed by atoms with E-state index < -0.39 is 82.9 Å². The first-order valence-electron chi connectivity index (χ1n) is 24.1. The maximum atomic E-state index is 14.9. The molecule has 18 heteroatoms. The Kier molecular flexibility index (Phi) is 15.1. The number of hydrogen-bond donors (Lipinski definition) is 5. The molecule has 5 N–H and O–H groups in total. The molecule has 374 valence electrons. The Hall–Kier alpha value is -5.69. The molecule has 1 amide bonds. The van der Waals surface area contributed by atoms with E-state index in [2.05, 4.69) is 39.4 Å².